The van der Waals surface area contributed by atoms with Crippen LogP contribution in [0.5, 0.6) is 0 Å². The Kier molecular flexibility index (Phi) is 6.07. The van der Waals surface area contributed by atoms with E-state index >= 15 is 0 Å². The molecule has 0 saturated heterocycles. The molecule has 1 heterocycles. The molecule has 22 heavy (non-hydrogen) atoms. The third kappa shape index (κ3) is 4.58. The van der Waals surface area contributed by atoms with E-state index in [2.05, 4.69) is 32.9 Å². The van der Waals surface area contributed by atoms with Crippen LogP contribution in [0.25, 0.3) is 0 Å². The molecule has 0 aliphatic heterocycles. The fraction of sp³-hybridized carbons (Fsp3) is 0.154. The zero-order valence-electron chi connectivity index (χ0n) is 11.4. The Hall–Kier alpha value is -0.840. The molecular formula is C13H11ClIN3O2S2. The highest BCUT2D eigenvalue weighted by Gasteiger charge is 2.15. The number of carbonyl (C=O) groups excluding carboxylic acids is 2. The van der Waals surface area contributed by atoms with Crippen LogP contribution in [0.1, 0.15) is 16.1 Å². The van der Waals surface area contributed by atoms with E-state index in [1.807, 2.05) is 6.92 Å². The fourth-order valence-electron chi connectivity index (χ4n) is 1.54. The molecule has 9 heteroatoms. The van der Waals surface area contributed by atoms with Crippen LogP contribution < -0.4 is 11.1 Å². The van der Waals surface area contributed by atoms with Gasteiger partial charge in [-0.2, -0.15) is 0 Å². The molecule has 5 nitrogen and oxygen atoms in total. The average molecular weight is 468 g/mol. The molecule has 0 aliphatic carbocycles. The van der Waals surface area contributed by atoms with Gasteiger partial charge in [-0.3, -0.25) is 14.9 Å². The summed E-state index contributed by atoms with van der Waals surface area (Å²) in [5.41, 5.74) is 6.42. The van der Waals surface area contributed by atoms with Gasteiger partial charge in [-0.25, -0.2) is 4.98 Å². The molecule has 3 N–H and O–H groups in total. The molecule has 1 aromatic heterocycles. The van der Waals surface area contributed by atoms with Crippen molar-refractivity contribution in [3.8, 4) is 0 Å². The summed E-state index contributed by atoms with van der Waals surface area (Å²) in [6, 6.07) is 5.06. The summed E-state index contributed by atoms with van der Waals surface area (Å²) in [6.45, 7) is 1.82. The van der Waals surface area contributed by atoms with Gasteiger partial charge >= 0.3 is 0 Å². The molecule has 0 radical (unpaired) electrons. The Morgan fingerprint density at radius 3 is 2.86 bits per heavy atom. The van der Waals surface area contributed by atoms with Crippen molar-refractivity contribution in [2.75, 3.05) is 11.1 Å². The van der Waals surface area contributed by atoms with E-state index in [0.717, 1.165) is 13.5 Å². The van der Waals surface area contributed by atoms with Gasteiger partial charge < -0.3 is 5.73 Å². The molecule has 2 aromatic rings. The highest BCUT2D eigenvalue weighted by atomic mass is 127. The minimum Gasteiger partial charge on any atom is -0.369 e. The monoisotopic (exact) mass is 467 g/mol. The average Bonchev–Trinajstić information content (AvgIpc) is 2.76. The summed E-state index contributed by atoms with van der Waals surface area (Å²) >= 11 is 10.6. The number of thioether (sulfide) groups is 1. The molecule has 0 saturated carbocycles. The molecule has 2 rings (SSSR count). The van der Waals surface area contributed by atoms with Crippen molar-refractivity contribution in [2.24, 2.45) is 5.73 Å². The Balaban J connectivity index is 2.11. The van der Waals surface area contributed by atoms with Crippen LogP contribution in [0, 0.1) is 10.5 Å². The third-order valence-corrected chi connectivity index (χ3v) is 6.08. The standard InChI is InChI=1S/C13H11ClIN3O2S2/c1-6-12(21-5-10(16)19)22-13(17-6)18-11(20)8-3-2-7(14)4-9(8)15/h2-4H,5H2,1H3,(H2,16,19)(H,17,18,20). The maximum Gasteiger partial charge on any atom is 0.258 e. The van der Waals surface area contributed by atoms with Crippen molar-refractivity contribution in [2.45, 2.75) is 11.1 Å². The van der Waals surface area contributed by atoms with Gasteiger partial charge in [-0.05, 0) is 47.7 Å². The van der Waals surface area contributed by atoms with Crippen molar-refractivity contribution in [3.63, 3.8) is 0 Å². The lowest BCUT2D eigenvalue weighted by molar-refractivity contribution is -0.115. The maximum atomic E-state index is 12.3. The third-order valence-electron chi connectivity index (χ3n) is 2.50. The van der Waals surface area contributed by atoms with Gasteiger partial charge in [0.1, 0.15) is 0 Å². The normalized spacial score (nSPS) is 10.5. The van der Waals surface area contributed by atoms with Gasteiger partial charge in [0.05, 0.1) is 21.2 Å². The van der Waals surface area contributed by atoms with Crippen molar-refractivity contribution in [3.05, 3.63) is 38.0 Å². The minimum absolute atomic E-state index is 0.186. The highest BCUT2D eigenvalue weighted by Crippen LogP contribution is 2.32. The molecule has 2 amide bonds. The smallest absolute Gasteiger partial charge is 0.258 e. The number of aromatic nitrogens is 1. The second-order valence-electron chi connectivity index (χ2n) is 4.23. The number of nitrogens with one attached hydrogen (secondary N) is 1. The van der Waals surface area contributed by atoms with Crippen molar-refractivity contribution < 1.29 is 9.59 Å². The zero-order valence-corrected chi connectivity index (χ0v) is 15.9. The van der Waals surface area contributed by atoms with Crippen LogP contribution in [0.3, 0.4) is 0 Å². The number of halogens is 2. The number of rotatable bonds is 5. The molecule has 0 bridgehead atoms. The summed E-state index contributed by atoms with van der Waals surface area (Å²) in [4.78, 5) is 27.4. The number of nitrogens with two attached hydrogens (primary N) is 1. The Bertz CT molecular complexity index is 736. The first-order chi connectivity index (χ1) is 10.4. The van der Waals surface area contributed by atoms with Gasteiger partial charge in [0.2, 0.25) is 5.91 Å². The predicted octanol–water partition coefficient (Wildman–Crippen LogP) is 3.54. The Morgan fingerprint density at radius 2 is 2.23 bits per heavy atom. The number of anilines is 1. The summed E-state index contributed by atoms with van der Waals surface area (Å²) in [7, 11) is 0. The summed E-state index contributed by atoms with van der Waals surface area (Å²) in [5.74, 6) is -0.453. The van der Waals surface area contributed by atoms with Crippen molar-refractivity contribution in [1.82, 2.24) is 4.98 Å². The highest BCUT2D eigenvalue weighted by molar-refractivity contribution is 14.1. The van der Waals surface area contributed by atoms with Crippen LogP contribution in [-0.2, 0) is 4.79 Å². The van der Waals surface area contributed by atoms with Gasteiger partial charge in [0.15, 0.2) is 5.13 Å². The first kappa shape index (κ1) is 17.5. The second-order valence-corrected chi connectivity index (χ2v) is 8.07. The van der Waals surface area contributed by atoms with Crippen LogP contribution in [0.15, 0.2) is 22.4 Å². The lowest BCUT2D eigenvalue weighted by atomic mass is 10.2. The van der Waals surface area contributed by atoms with Crippen molar-refractivity contribution in [1.29, 1.82) is 0 Å². The SMILES string of the molecule is Cc1nc(NC(=O)c2ccc(Cl)cc2I)sc1SCC(N)=O. The van der Waals surface area contributed by atoms with Gasteiger partial charge in [0, 0.05) is 8.59 Å². The lowest BCUT2D eigenvalue weighted by Crippen LogP contribution is -2.13. The molecule has 0 fully saturated rings. The Morgan fingerprint density at radius 1 is 1.50 bits per heavy atom. The quantitative estimate of drug-likeness (QED) is 0.520. The van der Waals surface area contributed by atoms with E-state index in [0.29, 0.717) is 15.7 Å². The van der Waals surface area contributed by atoms with E-state index in [-0.39, 0.29) is 17.6 Å². The van der Waals surface area contributed by atoms with E-state index in [1.165, 1.54) is 23.1 Å². The fourth-order valence-corrected chi connectivity index (χ4v) is 4.53. The first-order valence-corrected chi connectivity index (χ1v) is 9.27. The van der Waals surface area contributed by atoms with E-state index in [1.54, 1.807) is 18.2 Å². The van der Waals surface area contributed by atoms with Crippen LogP contribution in [0.4, 0.5) is 5.13 Å². The largest absolute Gasteiger partial charge is 0.369 e. The number of hydrogen-bond donors (Lipinski definition) is 2. The summed E-state index contributed by atoms with van der Waals surface area (Å²) in [6.07, 6.45) is 0. The summed E-state index contributed by atoms with van der Waals surface area (Å²) in [5, 5.41) is 3.82. The molecule has 1 aromatic carbocycles. The van der Waals surface area contributed by atoms with E-state index in [9.17, 15) is 9.59 Å². The maximum absolute atomic E-state index is 12.3. The number of nitrogens with zero attached hydrogens (tertiary/aromatic N) is 1. The minimum atomic E-state index is -0.390. The molecule has 116 valence electrons. The summed E-state index contributed by atoms with van der Waals surface area (Å²) < 4.78 is 1.62. The zero-order chi connectivity index (χ0) is 16.3. The number of amides is 2. The molecule has 0 spiro atoms. The van der Waals surface area contributed by atoms with Crippen LogP contribution in [-0.4, -0.2) is 22.6 Å². The van der Waals surface area contributed by atoms with Gasteiger partial charge in [0.25, 0.3) is 5.91 Å². The van der Waals surface area contributed by atoms with Crippen LogP contribution in [0.2, 0.25) is 5.02 Å². The van der Waals surface area contributed by atoms with Crippen LogP contribution >= 0.6 is 57.3 Å². The number of primary amides is 1. The number of hydrogen-bond acceptors (Lipinski definition) is 5. The molecule has 0 aliphatic rings. The number of aryl methyl sites for hydroxylation is 1. The van der Waals surface area contributed by atoms with E-state index < -0.39 is 0 Å². The molecule has 0 atom stereocenters. The molecular weight excluding hydrogens is 457 g/mol. The van der Waals surface area contributed by atoms with E-state index in [4.69, 9.17) is 17.3 Å². The number of thiazole rings is 1. The first-order valence-electron chi connectivity index (χ1n) is 6.01. The Labute approximate surface area is 154 Å². The van der Waals surface area contributed by atoms with Gasteiger partial charge in [-0.1, -0.05) is 22.9 Å². The van der Waals surface area contributed by atoms with Crippen molar-refractivity contribution >= 4 is 74.2 Å². The number of benzene rings is 1. The second kappa shape index (κ2) is 7.62. The molecule has 0 unspecified atom stereocenters. The lowest BCUT2D eigenvalue weighted by Gasteiger charge is -2.04. The number of carbonyl (C=O) groups is 2. The van der Waals surface area contributed by atoms with Gasteiger partial charge in [-0.15, -0.1) is 11.8 Å². The predicted molar refractivity (Wildman–Crippen MR) is 98.9 cm³/mol. The topological polar surface area (TPSA) is 85.1 Å².